The monoisotopic (exact) mass is 313 g/mol. The number of hydrogen-bond acceptors (Lipinski definition) is 5. The molecule has 8 heteroatoms. The summed E-state index contributed by atoms with van der Waals surface area (Å²) in [6.45, 7) is 0.741. The number of carboxylic acids is 1. The minimum Gasteiger partial charge on any atom is -0.481 e. The van der Waals surface area contributed by atoms with Gasteiger partial charge in [-0.1, -0.05) is 0 Å². The van der Waals surface area contributed by atoms with Gasteiger partial charge in [-0.3, -0.25) is 4.79 Å². The number of aromatic nitrogens is 1. The molecule has 1 aliphatic heterocycles. The van der Waals surface area contributed by atoms with Crippen LogP contribution in [0.15, 0.2) is 23.2 Å². The summed E-state index contributed by atoms with van der Waals surface area (Å²) < 4.78 is 25.1. The predicted octanol–water partition coefficient (Wildman–Crippen LogP) is 0.775. The lowest BCUT2D eigenvalue weighted by Crippen LogP contribution is -2.32. The van der Waals surface area contributed by atoms with Gasteiger partial charge in [-0.15, -0.1) is 0 Å². The van der Waals surface area contributed by atoms with Crippen LogP contribution in [0.25, 0.3) is 0 Å². The first-order valence-electron chi connectivity index (χ1n) is 6.69. The first-order chi connectivity index (χ1) is 9.82. The number of sulfonamides is 1. The highest BCUT2D eigenvalue weighted by molar-refractivity contribution is 7.89. The van der Waals surface area contributed by atoms with E-state index in [4.69, 9.17) is 5.11 Å². The highest BCUT2D eigenvalue weighted by atomic mass is 32.2. The van der Waals surface area contributed by atoms with Crippen LogP contribution in [-0.4, -0.2) is 55.5 Å². The van der Waals surface area contributed by atoms with E-state index in [0.717, 1.165) is 23.7 Å². The second-order valence-corrected chi connectivity index (χ2v) is 7.38. The van der Waals surface area contributed by atoms with Crippen LogP contribution in [0.3, 0.4) is 0 Å². The molecule has 1 fully saturated rings. The topological polar surface area (TPSA) is 90.8 Å². The average Bonchev–Trinajstić information content (AvgIpc) is 2.86. The zero-order valence-electron chi connectivity index (χ0n) is 12.1. The van der Waals surface area contributed by atoms with Crippen molar-refractivity contribution in [2.75, 3.05) is 25.5 Å². The van der Waals surface area contributed by atoms with E-state index in [1.54, 1.807) is 6.07 Å². The maximum absolute atomic E-state index is 12.0. The van der Waals surface area contributed by atoms with Gasteiger partial charge >= 0.3 is 5.97 Å². The van der Waals surface area contributed by atoms with Gasteiger partial charge in [-0.2, -0.15) is 0 Å². The van der Waals surface area contributed by atoms with Gasteiger partial charge in [0.2, 0.25) is 10.0 Å². The van der Waals surface area contributed by atoms with Crippen LogP contribution in [0, 0.1) is 0 Å². The first kappa shape index (κ1) is 15.7. The van der Waals surface area contributed by atoms with Crippen LogP contribution in [0.5, 0.6) is 0 Å². The molecule has 0 spiro atoms. The molecule has 1 unspecified atom stereocenters. The molecule has 7 nitrogen and oxygen atoms in total. The highest BCUT2D eigenvalue weighted by Crippen LogP contribution is 2.26. The summed E-state index contributed by atoms with van der Waals surface area (Å²) in [6.07, 6.45) is 3.11. The number of nitrogens with zero attached hydrogens (tertiary/aromatic N) is 3. The summed E-state index contributed by atoms with van der Waals surface area (Å²) in [4.78, 5) is 17.1. The smallest absolute Gasteiger partial charge is 0.305 e. The standard InChI is InChI=1S/C13H19N3O4S/c1-15(2)21(19,20)11-5-6-12(14-9-11)16-7-3-4-10(16)8-13(17)18/h5-6,9-10H,3-4,7-8H2,1-2H3,(H,17,18). The van der Waals surface area contributed by atoms with E-state index in [0.29, 0.717) is 5.82 Å². The molecule has 1 atom stereocenters. The lowest BCUT2D eigenvalue weighted by Gasteiger charge is -2.24. The third-order valence-electron chi connectivity index (χ3n) is 3.58. The Hall–Kier alpha value is -1.67. The fourth-order valence-corrected chi connectivity index (χ4v) is 3.30. The van der Waals surface area contributed by atoms with Gasteiger partial charge in [0, 0.05) is 32.9 Å². The molecule has 0 aliphatic carbocycles. The zero-order chi connectivity index (χ0) is 15.6. The van der Waals surface area contributed by atoms with Crippen LogP contribution >= 0.6 is 0 Å². The van der Waals surface area contributed by atoms with Gasteiger partial charge in [-0.05, 0) is 25.0 Å². The zero-order valence-corrected chi connectivity index (χ0v) is 12.9. The molecular formula is C13H19N3O4S. The molecule has 116 valence electrons. The summed E-state index contributed by atoms with van der Waals surface area (Å²) in [6, 6.07) is 3.07. The Morgan fingerprint density at radius 3 is 2.71 bits per heavy atom. The Labute approximate surface area is 124 Å². The number of rotatable bonds is 5. The molecule has 1 aromatic rings. The van der Waals surface area contributed by atoms with Crippen LogP contribution in [-0.2, 0) is 14.8 Å². The van der Waals surface area contributed by atoms with Gasteiger partial charge in [0.15, 0.2) is 0 Å². The van der Waals surface area contributed by atoms with E-state index in [1.807, 2.05) is 4.90 Å². The van der Waals surface area contributed by atoms with Crippen molar-refractivity contribution in [1.29, 1.82) is 0 Å². The molecule has 1 aromatic heterocycles. The van der Waals surface area contributed by atoms with Crippen LogP contribution in [0.1, 0.15) is 19.3 Å². The lowest BCUT2D eigenvalue weighted by atomic mass is 10.1. The predicted molar refractivity (Wildman–Crippen MR) is 77.7 cm³/mol. The molecule has 1 N–H and O–H groups in total. The van der Waals surface area contributed by atoms with Crippen molar-refractivity contribution >= 4 is 21.8 Å². The SMILES string of the molecule is CN(C)S(=O)(=O)c1ccc(N2CCCC2CC(=O)O)nc1. The number of carboxylic acid groups (broad SMARTS) is 1. The van der Waals surface area contributed by atoms with Crippen LogP contribution in [0.4, 0.5) is 5.82 Å². The Balaban J connectivity index is 2.21. The van der Waals surface area contributed by atoms with Crippen LogP contribution < -0.4 is 4.90 Å². The molecule has 0 amide bonds. The van der Waals surface area contributed by atoms with E-state index in [2.05, 4.69) is 4.98 Å². The molecule has 2 rings (SSSR count). The molecule has 1 aliphatic rings. The lowest BCUT2D eigenvalue weighted by molar-refractivity contribution is -0.137. The molecule has 0 bridgehead atoms. The molecule has 0 saturated carbocycles. The van der Waals surface area contributed by atoms with Crippen molar-refractivity contribution in [3.63, 3.8) is 0 Å². The summed E-state index contributed by atoms with van der Waals surface area (Å²) in [5.41, 5.74) is 0. The van der Waals surface area contributed by atoms with Gasteiger partial charge in [0.25, 0.3) is 0 Å². The Morgan fingerprint density at radius 2 is 2.19 bits per heavy atom. The van der Waals surface area contributed by atoms with Gasteiger partial charge in [0.05, 0.1) is 6.42 Å². The molecule has 0 radical (unpaired) electrons. The van der Waals surface area contributed by atoms with E-state index < -0.39 is 16.0 Å². The van der Waals surface area contributed by atoms with E-state index >= 15 is 0 Å². The number of carbonyl (C=O) groups is 1. The number of anilines is 1. The van der Waals surface area contributed by atoms with Crippen LogP contribution in [0.2, 0.25) is 0 Å². The minimum atomic E-state index is -3.49. The highest BCUT2D eigenvalue weighted by Gasteiger charge is 2.28. The quantitative estimate of drug-likeness (QED) is 0.863. The Morgan fingerprint density at radius 1 is 1.48 bits per heavy atom. The fraction of sp³-hybridized carbons (Fsp3) is 0.538. The third kappa shape index (κ3) is 3.33. The summed E-state index contributed by atoms with van der Waals surface area (Å²) in [5.74, 6) is -0.213. The first-order valence-corrected chi connectivity index (χ1v) is 8.13. The van der Waals surface area contributed by atoms with Gasteiger partial charge in [0.1, 0.15) is 10.7 Å². The second-order valence-electron chi connectivity index (χ2n) is 5.23. The second kappa shape index (κ2) is 5.98. The molecule has 2 heterocycles. The number of pyridine rings is 1. The molecule has 1 saturated heterocycles. The molecule has 0 aromatic carbocycles. The Kier molecular flexibility index (Phi) is 4.48. The number of aliphatic carboxylic acids is 1. The maximum atomic E-state index is 12.0. The summed E-state index contributed by atoms with van der Waals surface area (Å²) in [5, 5.41) is 8.92. The summed E-state index contributed by atoms with van der Waals surface area (Å²) in [7, 11) is -0.562. The third-order valence-corrected chi connectivity index (χ3v) is 5.38. The van der Waals surface area contributed by atoms with E-state index in [1.165, 1.54) is 26.4 Å². The molecular weight excluding hydrogens is 294 g/mol. The van der Waals surface area contributed by atoms with Crippen molar-refractivity contribution < 1.29 is 18.3 Å². The Bertz CT molecular complexity index is 613. The van der Waals surface area contributed by atoms with Gasteiger partial charge < -0.3 is 10.0 Å². The molecule has 21 heavy (non-hydrogen) atoms. The number of hydrogen-bond donors (Lipinski definition) is 1. The van der Waals surface area contributed by atoms with E-state index in [9.17, 15) is 13.2 Å². The van der Waals surface area contributed by atoms with Crippen molar-refractivity contribution in [2.45, 2.75) is 30.2 Å². The normalized spacial score (nSPS) is 19.2. The minimum absolute atomic E-state index is 0.0689. The van der Waals surface area contributed by atoms with Crippen molar-refractivity contribution in [3.8, 4) is 0 Å². The van der Waals surface area contributed by atoms with Gasteiger partial charge in [-0.25, -0.2) is 17.7 Å². The fourth-order valence-electron chi connectivity index (χ4n) is 2.46. The van der Waals surface area contributed by atoms with Crippen molar-refractivity contribution in [2.24, 2.45) is 0 Å². The average molecular weight is 313 g/mol. The summed E-state index contributed by atoms with van der Waals surface area (Å²) >= 11 is 0. The maximum Gasteiger partial charge on any atom is 0.305 e. The van der Waals surface area contributed by atoms with Crippen molar-refractivity contribution in [1.82, 2.24) is 9.29 Å². The largest absolute Gasteiger partial charge is 0.481 e. The van der Waals surface area contributed by atoms with Crippen molar-refractivity contribution in [3.05, 3.63) is 18.3 Å². The van der Waals surface area contributed by atoms with E-state index in [-0.39, 0.29) is 17.4 Å².